The Labute approximate surface area is 117 Å². The summed E-state index contributed by atoms with van der Waals surface area (Å²) in [4.78, 5) is 4.12. The molecule has 20 heavy (non-hydrogen) atoms. The molecule has 0 radical (unpaired) electrons. The second-order valence-corrected chi connectivity index (χ2v) is 5.88. The van der Waals surface area contributed by atoms with Crippen molar-refractivity contribution in [3.63, 3.8) is 0 Å². The van der Waals surface area contributed by atoms with Gasteiger partial charge in [0.2, 0.25) is 15.9 Å². The van der Waals surface area contributed by atoms with Crippen LogP contribution in [0.4, 0.5) is 5.69 Å². The number of anilines is 1. The molecular weight excluding hydrogens is 280 g/mol. The molecule has 7 nitrogen and oxygen atoms in total. The van der Waals surface area contributed by atoms with Gasteiger partial charge >= 0.3 is 0 Å². The van der Waals surface area contributed by atoms with Crippen molar-refractivity contribution in [2.75, 3.05) is 11.9 Å². The van der Waals surface area contributed by atoms with E-state index in [2.05, 4.69) is 20.2 Å². The molecule has 108 valence electrons. The second-order valence-electron chi connectivity index (χ2n) is 4.11. The van der Waals surface area contributed by atoms with Gasteiger partial charge in [-0.25, -0.2) is 13.1 Å². The maximum absolute atomic E-state index is 12.1. The Balaban J connectivity index is 2.05. The van der Waals surface area contributed by atoms with E-state index in [-0.39, 0.29) is 17.3 Å². The minimum atomic E-state index is -3.59. The molecular formula is C12H16N4O3S. The van der Waals surface area contributed by atoms with Crippen LogP contribution in [0.5, 0.6) is 0 Å². The molecule has 2 aromatic rings. The second kappa shape index (κ2) is 6.02. The van der Waals surface area contributed by atoms with Gasteiger partial charge in [-0.15, -0.1) is 0 Å². The smallest absolute Gasteiger partial charge is 0.241 e. The van der Waals surface area contributed by atoms with Crippen molar-refractivity contribution in [2.45, 2.75) is 25.3 Å². The van der Waals surface area contributed by atoms with E-state index in [1.807, 2.05) is 6.92 Å². The van der Waals surface area contributed by atoms with Gasteiger partial charge in [0, 0.05) is 12.2 Å². The highest BCUT2D eigenvalue weighted by molar-refractivity contribution is 7.89. The van der Waals surface area contributed by atoms with Gasteiger partial charge in [0.15, 0.2) is 5.82 Å². The number of aromatic nitrogens is 2. The number of sulfonamides is 1. The lowest BCUT2D eigenvalue weighted by Gasteiger charge is -2.06. The van der Waals surface area contributed by atoms with Crippen LogP contribution in [-0.2, 0) is 16.6 Å². The van der Waals surface area contributed by atoms with Gasteiger partial charge in [0.1, 0.15) is 0 Å². The summed E-state index contributed by atoms with van der Waals surface area (Å²) in [6.45, 7) is 4.39. The van der Waals surface area contributed by atoms with Gasteiger partial charge in [-0.1, -0.05) is 5.16 Å². The Kier molecular flexibility index (Phi) is 4.35. The first-order valence-corrected chi connectivity index (χ1v) is 7.62. The summed E-state index contributed by atoms with van der Waals surface area (Å²) < 4.78 is 31.4. The zero-order valence-corrected chi connectivity index (χ0v) is 12.1. The summed E-state index contributed by atoms with van der Waals surface area (Å²) in [6, 6.07) is 6.52. The predicted molar refractivity (Wildman–Crippen MR) is 73.7 cm³/mol. The molecule has 8 heteroatoms. The zero-order chi connectivity index (χ0) is 14.6. The van der Waals surface area contributed by atoms with E-state index < -0.39 is 10.0 Å². The first-order valence-electron chi connectivity index (χ1n) is 6.14. The summed E-state index contributed by atoms with van der Waals surface area (Å²) in [5, 5.41) is 6.69. The molecule has 2 rings (SSSR count). The van der Waals surface area contributed by atoms with Crippen LogP contribution in [0.15, 0.2) is 33.7 Å². The van der Waals surface area contributed by atoms with Crippen LogP contribution in [0.3, 0.4) is 0 Å². The number of rotatable bonds is 6. The molecule has 1 aromatic carbocycles. The molecule has 0 atom stereocenters. The summed E-state index contributed by atoms with van der Waals surface area (Å²) in [7, 11) is -3.59. The Hall–Kier alpha value is -1.93. The van der Waals surface area contributed by atoms with Crippen molar-refractivity contribution < 1.29 is 12.9 Å². The molecule has 0 bridgehead atoms. The van der Waals surface area contributed by atoms with Gasteiger partial charge in [-0.05, 0) is 38.1 Å². The van der Waals surface area contributed by atoms with Gasteiger partial charge in [0.25, 0.3) is 0 Å². The predicted octanol–water partition coefficient (Wildman–Crippen LogP) is 1.29. The number of nitrogens with one attached hydrogen (secondary N) is 2. The Bertz CT molecular complexity index is 664. The van der Waals surface area contributed by atoms with Gasteiger partial charge in [-0.3, -0.25) is 0 Å². The first-order chi connectivity index (χ1) is 9.51. The van der Waals surface area contributed by atoms with Crippen LogP contribution in [0, 0.1) is 6.92 Å². The highest BCUT2D eigenvalue weighted by Gasteiger charge is 2.15. The number of aryl methyl sites for hydroxylation is 1. The fraction of sp³-hybridized carbons (Fsp3) is 0.333. The van der Waals surface area contributed by atoms with E-state index in [0.29, 0.717) is 5.82 Å². The fourth-order valence-electron chi connectivity index (χ4n) is 1.61. The van der Waals surface area contributed by atoms with Crippen molar-refractivity contribution in [1.82, 2.24) is 14.9 Å². The van der Waals surface area contributed by atoms with Crippen molar-refractivity contribution >= 4 is 15.7 Å². The SMILES string of the molecule is CCNc1ccc(S(=O)(=O)NCc2nc(C)no2)cc1. The topological polar surface area (TPSA) is 97.1 Å². The number of nitrogens with zero attached hydrogens (tertiary/aromatic N) is 2. The molecule has 0 unspecified atom stereocenters. The van der Waals surface area contributed by atoms with E-state index in [1.54, 1.807) is 31.2 Å². The monoisotopic (exact) mass is 296 g/mol. The average Bonchev–Trinajstić information content (AvgIpc) is 2.84. The molecule has 0 spiro atoms. The first kappa shape index (κ1) is 14.5. The number of hydrogen-bond acceptors (Lipinski definition) is 6. The molecule has 0 saturated heterocycles. The average molecular weight is 296 g/mol. The summed E-state index contributed by atoms with van der Waals surface area (Å²) in [6.07, 6.45) is 0. The van der Waals surface area contributed by atoms with Crippen LogP contribution in [0.2, 0.25) is 0 Å². The molecule has 0 saturated carbocycles. The Morgan fingerprint density at radius 1 is 1.25 bits per heavy atom. The van der Waals surface area contributed by atoms with Crippen molar-refractivity contribution in [1.29, 1.82) is 0 Å². The van der Waals surface area contributed by atoms with E-state index in [4.69, 9.17) is 4.52 Å². The number of hydrogen-bond donors (Lipinski definition) is 2. The quantitative estimate of drug-likeness (QED) is 0.833. The minimum Gasteiger partial charge on any atom is -0.385 e. The maximum atomic E-state index is 12.1. The van der Waals surface area contributed by atoms with E-state index >= 15 is 0 Å². The summed E-state index contributed by atoms with van der Waals surface area (Å²) in [5.41, 5.74) is 0.874. The van der Waals surface area contributed by atoms with Crippen LogP contribution in [0.25, 0.3) is 0 Å². The number of benzene rings is 1. The zero-order valence-electron chi connectivity index (χ0n) is 11.3. The third-order valence-electron chi connectivity index (χ3n) is 2.53. The van der Waals surface area contributed by atoms with E-state index in [0.717, 1.165) is 12.2 Å². The fourth-order valence-corrected chi connectivity index (χ4v) is 2.58. The highest BCUT2D eigenvalue weighted by atomic mass is 32.2. The standard InChI is InChI=1S/C12H16N4O3S/c1-3-13-10-4-6-11(7-5-10)20(17,18)14-8-12-15-9(2)16-19-12/h4-7,13-14H,3,8H2,1-2H3. The van der Waals surface area contributed by atoms with E-state index in [1.165, 1.54) is 0 Å². The lowest BCUT2D eigenvalue weighted by molar-refractivity contribution is 0.372. The molecule has 0 fully saturated rings. The van der Waals surface area contributed by atoms with Gasteiger partial charge < -0.3 is 9.84 Å². The lowest BCUT2D eigenvalue weighted by atomic mass is 10.3. The van der Waals surface area contributed by atoms with E-state index in [9.17, 15) is 8.42 Å². The highest BCUT2D eigenvalue weighted by Crippen LogP contribution is 2.14. The van der Waals surface area contributed by atoms with Crippen molar-refractivity contribution in [3.8, 4) is 0 Å². The summed E-state index contributed by atoms with van der Waals surface area (Å²) >= 11 is 0. The lowest BCUT2D eigenvalue weighted by Crippen LogP contribution is -2.23. The van der Waals surface area contributed by atoms with Crippen LogP contribution in [-0.4, -0.2) is 25.1 Å². The third-order valence-corrected chi connectivity index (χ3v) is 3.95. The Morgan fingerprint density at radius 3 is 2.50 bits per heavy atom. The van der Waals surface area contributed by atoms with Crippen molar-refractivity contribution in [2.24, 2.45) is 0 Å². The maximum Gasteiger partial charge on any atom is 0.241 e. The van der Waals surface area contributed by atoms with Gasteiger partial charge in [0.05, 0.1) is 11.4 Å². The molecule has 0 aliphatic rings. The Morgan fingerprint density at radius 2 is 1.95 bits per heavy atom. The normalized spacial score (nSPS) is 11.5. The molecule has 0 aliphatic heterocycles. The molecule has 0 amide bonds. The largest absolute Gasteiger partial charge is 0.385 e. The third kappa shape index (κ3) is 3.55. The summed E-state index contributed by atoms with van der Waals surface area (Å²) in [5.74, 6) is 0.699. The van der Waals surface area contributed by atoms with Gasteiger partial charge in [-0.2, -0.15) is 4.98 Å². The minimum absolute atomic E-state index is 0.0296. The molecule has 1 aromatic heterocycles. The van der Waals surface area contributed by atoms with Crippen LogP contribution in [0.1, 0.15) is 18.6 Å². The van der Waals surface area contributed by atoms with Crippen LogP contribution < -0.4 is 10.0 Å². The molecule has 2 N–H and O–H groups in total. The van der Waals surface area contributed by atoms with Crippen molar-refractivity contribution in [3.05, 3.63) is 36.0 Å². The molecule has 1 heterocycles. The van der Waals surface area contributed by atoms with Crippen LogP contribution >= 0.6 is 0 Å². The molecule has 0 aliphatic carbocycles.